The Labute approximate surface area is 117 Å². The number of ether oxygens (including phenoxy) is 1. The van der Waals surface area contributed by atoms with Crippen molar-refractivity contribution in [1.82, 2.24) is 5.32 Å². The van der Waals surface area contributed by atoms with Gasteiger partial charge in [0.1, 0.15) is 5.75 Å². The molecule has 2 unspecified atom stereocenters. The molecule has 1 aromatic rings. The summed E-state index contributed by atoms with van der Waals surface area (Å²) in [4.78, 5) is 10.4. The fraction of sp³-hybridized carbons (Fsp3) is 0.571. The first-order chi connectivity index (χ1) is 9.61. The molecular weight excluding hydrogens is 260 g/mol. The second-order valence-electron chi connectivity index (χ2n) is 5.14. The summed E-state index contributed by atoms with van der Waals surface area (Å²) in [5.74, 6) is 0.912. The average Bonchev–Trinajstić information content (AvgIpc) is 2.84. The van der Waals surface area contributed by atoms with E-state index in [0.717, 1.165) is 24.8 Å². The van der Waals surface area contributed by atoms with Gasteiger partial charge in [0.2, 0.25) is 0 Å². The summed E-state index contributed by atoms with van der Waals surface area (Å²) >= 11 is 0. The second-order valence-corrected chi connectivity index (χ2v) is 5.14. The van der Waals surface area contributed by atoms with Crippen LogP contribution in [-0.2, 0) is 6.54 Å². The number of nitrogens with one attached hydrogen (secondary N) is 1. The Hall–Kier alpha value is -1.66. The molecule has 2 rings (SSSR count). The molecule has 0 spiro atoms. The summed E-state index contributed by atoms with van der Waals surface area (Å²) in [6.45, 7) is 1.21. The van der Waals surface area contributed by atoms with E-state index in [1.54, 1.807) is 13.2 Å². The molecule has 110 valence electrons. The zero-order valence-corrected chi connectivity index (χ0v) is 11.5. The summed E-state index contributed by atoms with van der Waals surface area (Å²) < 4.78 is 5.21. The van der Waals surface area contributed by atoms with Crippen LogP contribution in [0, 0.1) is 16.0 Å². The molecule has 1 saturated carbocycles. The molecule has 1 aliphatic rings. The molecular formula is C14H20N2O4. The third-order valence-corrected chi connectivity index (χ3v) is 3.82. The normalized spacial score (nSPS) is 21.9. The highest BCUT2D eigenvalue weighted by Gasteiger charge is 2.24. The van der Waals surface area contributed by atoms with Gasteiger partial charge < -0.3 is 15.2 Å². The quantitative estimate of drug-likeness (QED) is 0.613. The molecule has 6 heteroatoms. The van der Waals surface area contributed by atoms with E-state index < -0.39 is 4.92 Å². The van der Waals surface area contributed by atoms with E-state index in [1.165, 1.54) is 12.1 Å². The number of hydrogen-bond donors (Lipinski definition) is 2. The van der Waals surface area contributed by atoms with E-state index in [9.17, 15) is 15.2 Å². The van der Waals surface area contributed by atoms with E-state index in [2.05, 4.69) is 5.32 Å². The van der Waals surface area contributed by atoms with E-state index in [0.29, 0.717) is 18.8 Å². The Morgan fingerprint density at radius 1 is 1.50 bits per heavy atom. The number of nitrogens with zero attached hydrogens (tertiary/aromatic N) is 1. The molecule has 0 amide bonds. The van der Waals surface area contributed by atoms with Crippen LogP contribution in [0.3, 0.4) is 0 Å². The van der Waals surface area contributed by atoms with E-state index in [1.807, 2.05) is 0 Å². The average molecular weight is 280 g/mol. The second kappa shape index (κ2) is 6.67. The predicted molar refractivity (Wildman–Crippen MR) is 74.7 cm³/mol. The van der Waals surface area contributed by atoms with Crippen molar-refractivity contribution >= 4 is 5.69 Å². The summed E-state index contributed by atoms with van der Waals surface area (Å²) in [5.41, 5.74) is 0.817. The van der Waals surface area contributed by atoms with Crippen molar-refractivity contribution < 1.29 is 14.8 Å². The lowest BCUT2D eigenvalue weighted by atomic mass is 10.1. The molecule has 1 aromatic carbocycles. The smallest absolute Gasteiger partial charge is 0.270 e. The van der Waals surface area contributed by atoms with Crippen molar-refractivity contribution in [3.63, 3.8) is 0 Å². The number of non-ortho nitro benzene ring substituents is 1. The lowest BCUT2D eigenvalue weighted by Crippen LogP contribution is -2.27. The number of nitro benzene ring substituents is 1. The maximum Gasteiger partial charge on any atom is 0.270 e. The van der Waals surface area contributed by atoms with Gasteiger partial charge in [-0.25, -0.2) is 0 Å². The Balaban J connectivity index is 1.96. The highest BCUT2D eigenvalue weighted by molar-refractivity contribution is 5.43. The summed E-state index contributed by atoms with van der Waals surface area (Å²) in [7, 11) is 1.55. The van der Waals surface area contributed by atoms with Crippen LogP contribution in [0.2, 0.25) is 0 Å². The van der Waals surface area contributed by atoms with Crippen LogP contribution in [0.25, 0.3) is 0 Å². The van der Waals surface area contributed by atoms with Crippen molar-refractivity contribution in [3.8, 4) is 5.75 Å². The lowest BCUT2D eigenvalue weighted by molar-refractivity contribution is -0.384. The first-order valence-corrected chi connectivity index (χ1v) is 6.82. The van der Waals surface area contributed by atoms with E-state index in [-0.39, 0.29) is 17.7 Å². The topological polar surface area (TPSA) is 84.6 Å². The van der Waals surface area contributed by atoms with Gasteiger partial charge in [-0.15, -0.1) is 0 Å². The van der Waals surface area contributed by atoms with Crippen LogP contribution in [0.1, 0.15) is 24.8 Å². The molecule has 6 nitrogen and oxygen atoms in total. The van der Waals surface area contributed by atoms with Crippen molar-refractivity contribution in [2.24, 2.45) is 5.92 Å². The highest BCUT2D eigenvalue weighted by atomic mass is 16.6. The predicted octanol–water partition coefficient (Wildman–Crippen LogP) is 1.85. The zero-order valence-electron chi connectivity index (χ0n) is 11.5. The molecule has 0 aliphatic heterocycles. The van der Waals surface area contributed by atoms with Gasteiger partial charge in [-0.3, -0.25) is 10.1 Å². The van der Waals surface area contributed by atoms with Gasteiger partial charge in [0.05, 0.1) is 18.1 Å². The molecule has 0 bridgehead atoms. The number of benzene rings is 1. The maximum absolute atomic E-state index is 10.8. The van der Waals surface area contributed by atoms with Crippen molar-refractivity contribution in [2.45, 2.75) is 31.9 Å². The minimum Gasteiger partial charge on any atom is -0.496 e. The largest absolute Gasteiger partial charge is 0.496 e. The van der Waals surface area contributed by atoms with Crippen molar-refractivity contribution in [2.75, 3.05) is 13.7 Å². The molecule has 0 radical (unpaired) electrons. The van der Waals surface area contributed by atoms with Gasteiger partial charge in [-0.1, -0.05) is 6.42 Å². The van der Waals surface area contributed by atoms with Gasteiger partial charge in [-0.05, 0) is 24.8 Å². The third-order valence-electron chi connectivity index (χ3n) is 3.82. The Morgan fingerprint density at radius 2 is 2.30 bits per heavy atom. The number of methoxy groups -OCH3 is 1. The third kappa shape index (κ3) is 3.46. The number of aliphatic hydroxyl groups is 1. The minimum absolute atomic E-state index is 0.0588. The van der Waals surface area contributed by atoms with Crippen LogP contribution in [0.15, 0.2) is 18.2 Å². The van der Waals surface area contributed by atoms with Crippen LogP contribution in [-0.4, -0.2) is 29.8 Å². The molecule has 0 saturated heterocycles. The standard InChI is InChI=1S/C14H20N2O4/c1-20-14-6-5-12(16(18)19)7-11(14)9-15-8-10-3-2-4-13(10)17/h5-7,10,13,15,17H,2-4,8-9H2,1H3. The number of rotatable bonds is 6. The molecule has 0 heterocycles. The number of aliphatic hydroxyl groups excluding tert-OH is 1. The fourth-order valence-electron chi connectivity index (χ4n) is 2.66. The number of hydrogen-bond acceptors (Lipinski definition) is 5. The van der Waals surface area contributed by atoms with Crippen LogP contribution in [0.5, 0.6) is 5.75 Å². The van der Waals surface area contributed by atoms with Crippen LogP contribution >= 0.6 is 0 Å². The highest BCUT2D eigenvalue weighted by Crippen LogP contribution is 2.26. The molecule has 2 atom stereocenters. The number of nitro groups is 1. The fourth-order valence-corrected chi connectivity index (χ4v) is 2.66. The molecule has 1 aliphatic carbocycles. The van der Waals surface area contributed by atoms with Crippen molar-refractivity contribution in [1.29, 1.82) is 0 Å². The SMILES string of the molecule is COc1ccc([N+](=O)[O-])cc1CNCC1CCCC1O. The van der Waals surface area contributed by atoms with Gasteiger partial charge >= 0.3 is 0 Å². The van der Waals surface area contributed by atoms with Crippen molar-refractivity contribution in [3.05, 3.63) is 33.9 Å². The summed E-state index contributed by atoms with van der Waals surface area (Å²) in [5, 5.41) is 23.8. The van der Waals surface area contributed by atoms with Crippen LogP contribution in [0.4, 0.5) is 5.69 Å². The molecule has 0 aromatic heterocycles. The van der Waals surface area contributed by atoms with Gasteiger partial charge in [0.15, 0.2) is 0 Å². The van der Waals surface area contributed by atoms with Gasteiger partial charge in [-0.2, -0.15) is 0 Å². The first kappa shape index (κ1) is 14.7. The summed E-state index contributed by atoms with van der Waals surface area (Å²) in [6.07, 6.45) is 2.73. The van der Waals surface area contributed by atoms with E-state index >= 15 is 0 Å². The zero-order chi connectivity index (χ0) is 14.5. The monoisotopic (exact) mass is 280 g/mol. The van der Waals surface area contributed by atoms with Gasteiger partial charge in [0, 0.05) is 30.8 Å². The Bertz CT molecular complexity index is 478. The van der Waals surface area contributed by atoms with E-state index in [4.69, 9.17) is 4.74 Å². The maximum atomic E-state index is 10.8. The molecule has 1 fully saturated rings. The molecule has 20 heavy (non-hydrogen) atoms. The first-order valence-electron chi connectivity index (χ1n) is 6.82. The Morgan fingerprint density at radius 3 is 2.90 bits per heavy atom. The minimum atomic E-state index is -0.413. The summed E-state index contributed by atoms with van der Waals surface area (Å²) in [6, 6.07) is 4.57. The molecule has 2 N–H and O–H groups in total. The Kier molecular flexibility index (Phi) is 4.92. The lowest BCUT2D eigenvalue weighted by Gasteiger charge is -2.16. The van der Waals surface area contributed by atoms with Crippen LogP contribution < -0.4 is 10.1 Å². The van der Waals surface area contributed by atoms with Gasteiger partial charge in [0.25, 0.3) is 5.69 Å².